The van der Waals surface area contributed by atoms with Crippen LogP contribution in [0.5, 0.6) is 0 Å². The molecule has 0 saturated carbocycles. The average Bonchev–Trinajstić information content (AvgIpc) is 2.69. The van der Waals surface area contributed by atoms with Crippen LogP contribution in [0.3, 0.4) is 0 Å². The lowest BCUT2D eigenvalue weighted by atomic mass is 10.4. The number of likely N-dealkylation sites (tertiary alicyclic amines) is 1. The van der Waals surface area contributed by atoms with E-state index in [-0.39, 0.29) is 23.0 Å². The van der Waals surface area contributed by atoms with E-state index in [2.05, 4.69) is 0 Å². The Morgan fingerprint density at radius 3 is 2.50 bits per heavy atom. The molecule has 1 rings (SSSR count). The van der Waals surface area contributed by atoms with E-state index in [1.807, 2.05) is 18.7 Å². The van der Waals surface area contributed by atoms with Crippen molar-refractivity contribution in [1.29, 1.82) is 0 Å². The summed E-state index contributed by atoms with van der Waals surface area (Å²) in [5.74, 6) is 0.229. The van der Waals surface area contributed by atoms with Gasteiger partial charge in [0.1, 0.15) is 0 Å². The Bertz CT molecular complexity index is 193. The Morgan fingerprint density at radius 1 is 1.43 bits per heavy atom. The van der Waals surface area contributed by atoms with E-state index in [1.54, 1.807) is 11.8 Å². The molecule has 0 aromatic heterocycles. The molecule has 0 spiro atoms. The minimum Gasteiger partial charge on any atom is -0.395 e. The molecule has 1 aliphatic heterocycles. The quantitative estimate of drug-likeness (QED) is 0.767. The fourth-order valence-corrected chi connectivity index (χ4v) is 2.69. The van der Waals surface area contributed by atoms with Gasteiger partial charge in [-0.05, 0) is 19.8 Å². The van der Waals surface area contributed by atoms with Crippen LogP contribution >= 0.6 is 11.8 Å². The number of carbonyl (C=O) groups is 1. The molecule has 82 valence electrons. The summed E-state index contributed by atoms with van der Waals surface area (Å²) in [7, 11) is 0. The second kappa shape index (κ2) is 5.61. The van der Waals surface area contributed by atoms with Crippen LogP contribution in [-0.4, -0.2) is 46.1 Å². The molecule has 1 saturated heterocycles. The van der Waals surface area contributed by atoms with Crippen molar-refractivity contribution >= 4 is 17.7 Å². The van der Waals surface area contributed by atoms with Crippen molar-refractivity contribution in [3.8, 4) is 0 Å². The van der Waals surface area contributed by atoms with Gasteiger partial charge in [0.05, 0.1) is 11.9 Å². The van der Waals surface area contributed by atoms with Gasteiger partial charge in [-0.25, -0.2) is 0 Å². The number of carbonyl (C=O) groups excluding carboxylic acids is 1. The highest BCUT2D eigenvalue weighted by molar-refractivity contribution is 8.01. The highest BCUT2D eigenvalue weighted by Crippen LogP contribution is 2.20. The van der Waals surface area contributed by atoms with Gasteiger partial charge in [-0.15, -0.1) is 11.8 Å². The van der Waals surface area contributed by atoms with Crippen LogP contribution in [-0.2, 0) is 4.79 Å². The first-order valence-electron chi connectivity index (χ1n) is 5.20. The maximum absolute atomic E-state index is 11.8. The van der Waals surface area contributed by atoms with Crippen molar-refractivity contribution in [3.63, 3.8) is 0 Å². The van der Waals surface area contributed by atoms with Gasteiger partial charge in [0, 0.05) is 18.3 Å². The third kappa shape index (κ3) is 3.17. The van der Waals surface area contributed by atoms with E-state index in [9.17, 15) is 4.79 Å². The number of aliphatic hydroxyl groups is 1. The lowest BCUT2D eigenvalue weighted by Crippen LogP contribution is -2.35. The molecule has 2 atom stereocenters. The van der Waals surface area contributed by atoms with Crippen LogP contribution in [0.4, 0.5) is 0 Å². The molecular weight excluding hydrogens is 198 g/mol. The molecule has 0 bridgehead atoms. The molecule has 0 aliphatic carbocycles. The first kappa shape index (κ1) is 11.9. The molecule has 1 aliphatic rings. The fourth-order valence-electron chi connectivity index (χ4n) is 1.64. The summed E-state index contributed by atoms with van der Waals surface area (Å²) in [6.07, 6.45) is 2.28. The Kier molecular flexibility index (Phi) is 4.75. The molecular formula is C10H19NO2S. The van der Waals surface area contributed by atoms with E-state index >= 15 is 0 Å². The predicted molar refractivity (Wildman–Crippen MR) is 59.4 cm³/mol. The third-order valence-corrected chi connectivity index (χ3v) is 3.68. The Morgan fingerprint density at radius 2 is 2.00 bits per heavy atom. The zero-order valence-corrected chi connectivity index (χ0v) is 9.72. The van der Waals surface area contributed by atoms with E-state index in [1.165, 1.54) is 0 Å². The van der Waals surface area contributed by atoms with Gasteiger partial charge in [-0.3, -0.25) is 4.79 Å². The first-order chi connectivity index (χ1) is 6.65. The molecule has 0 unspecified atom stereocenters. The standard InChI is InChI=1S/C10H19NO2S/c1-8(7-12)14-9(2)10(13)11-5-3-4-6-11/h8-9,12H,3-7H2,1-2H3/t8-,9-/m1/s1. The Hall–Kier alpha value is -0.220. The number of amides is 1. The molecule has 1 heterocycles. The van der Waals surface area contributed by atoms with Gasteiger partial charge >= 0.3 is 0 Å². The van der Waals surface area contributed by atoms with Crippen LogP contribution in [0.25, 0.3) is 0 Å². The summed E-state index contributed by atoms with van der Waals surface area (Å²) in [5, 5.41) is 9.02. The summed E-state index contributed by atoms with van der Waals surface area (Å²) in [4.78, 5) is 13.8. The number of rotatable bonds is 4. The van der Waals surface area contributed by atoms with E-state index in [0.717, 1.165) is 25.9 Å². The summed E-state index contributed by atoms with van der Waals surface area (Å²) in [6, 6.07) is 0. The predicted octanol–water partition coefficient (Wildman–Crippen LogP) is 1.11. The van der Waals surface area contributed by atoms with Crippen LogP contribution in [0.2, 0.25) is 0 Å². The Balaban J connectivity index is 2.35. The van der Waals surface area contributed by atoms with Gasteiger partial charge in [0.15, 0.2) is 0 Å². The normalized spacial score (nSPS) is 20.9. The summed E-state index contributed by atoms with van der Waals surface area (Å²) in [5.41, 5.74) is 0. The topological polar surface area (TPSA) is 40.5 Å². The number of hydrogen-bond donors (Lipinski definition) is 1. The van der Waals surface area contributed by atoms with E-state index < -0.39 is 0 Å². The van der Waals surface area contributed by atoms with Crippen LogP contribution in [0, 0.1) is 0 Å². The van der Waals surface area contributed by atoms with E-state index in [4.69, 9.17) is 5.11 Å². The SMILES string of the molecule is C[C@H](CO)S[C@H](C)C(=O)N1CCCC1. The second-order valence-electron chi connectivity index (χ2n) is 3.80. The molecule has 0 aromatic rings. The smallest absolute Gasteiger partial charge is 0.235 e. The van der Waals surface area contributed by atoms with Crippen molar-refractivity contribution < 1.29 is 9.90 Å². The van der Waals surface area contributed by atoms with Gasteiger partial charge in [0.25, 0.3) is 0 Å². The molecule has 1 amide bonds. The molecule has 4 heteroatoms. The fraction of sp³-hybridized carbons (Fsp3) is 0.900. The first-order valence-corrected chi connectivity index (χ1v) is 6.14. The molecule has 1 fully saturated rings. The lowest BCUT2D eigenvalue weighted by molar-refractivity contribution is -0.129. The van der Waals surface area contributed by atoms with Gasteiger partial charge in [-0.2, -0.15) is 0 Å². The Labute approximate surface area is 89.9 Å². The van der Waals surface area contributed by atoms with Crippen LogP contribution in [0.15, 0.2) is 0 Å². The molecule has 3 nitrogen and oxygen atoms in total. The van der Waals surface area contributed by atoms with Crippen molar-refractivity contribution in [3.05, 3.63) is 0 Å². The van der Waals surface area contributed by atoms with Crippen molar-refractivity contribution in [2.75, 3.05) is 19.7 Å². The van der Waals surface area contributed by atoms with Crippen molar-refractivity contribution in [2.24, 2.45) is 0 Å². The molecule has 0 radical (unpaired) electrons. The zero-order chi connectivity index (χ0) is 10.6. The maximum atomic E-state index is 11.8. The summed E-state index contributed by atoms with van der Waals surface area (Å²) < 4.78 is 0. The van der Waals surface area contributed by atoms with Crippen LogP contribution < -0.4 is 0 Å². The van der Waals surface area contributed by atoms with Gasteiger partial charge in [0.2, 0.25) is 5.91 Å². The molecule has 1 N–H and O–H groups in total. The maximum Gasteiger partial charge on any atom is 0.235 e. The van der Waals surface area contributed by atoms with Crippen molar-refractivity contribution in [2.45, 2.75) is 37.2 Å². The number of thioether (sulfide) groups is 1. The minimum atomic E-state index is -0.0183. The van der Waals surface area contributed by atoms with Crippen LogP contribution in [0.1, 0.15) is 26.7 Å². The monoisotopic (exact) mass is 217 g/mol. The minimum absolute atomic E-state index is 0.0183. The zero-order valence-electron chi connectivity index (χ0n) is 8.90. The highest BCUT2D eigenvalue weighted by Gasteiger charge is 2.24. The number of hydrogen-bond acceptors (Lipinski definition) is 3. The third-order valence-electron chi connectivity index (χ3n) is 2.46. The molecule has 14 heavy (non-hydrogen) atoms. The largest absolute Gasteiger partial charge is 0.395 e. The van der Waals surface area contributed by atoms with Gasteiger partial charge < -0.3 is 10.0 Å². The average molecular weight is 217 g/mol. The lowest BCUT2D eigenvalue weighted by Gasteiger charge is -2.21. The number of nitrogens with zero attached hydrogens (tertiary/aromatic N) is 1. The second-order valence-corrected chi connectivity index (χ2v) is 5.59. The number of aliphatic hydroxyl groups excluding tert-OH is 1. The summed E-state index contributed by atoms with van der Waals surface area (Å²) >= 11 is 1.55. The highest BCUT2D eigenvalue weighted by atomic mass is 32.2. The summed E-state index contributed by atoms with van der Waals surface area (Å²) in [6.45, 7) is 5.84. The van der Waals surface area contributed by atoms with E-state index in [0.29, 0.717) is 0 Å². The van der Waals surface area contributed by atoms with Crippen molar-refractivity contribution in [1.82, 2.24) is 4.90 Å². The molecule has 0 aromatic carbocycles. The van der Waals surface area contributed by atoms with Gasteiger partial charge in [-0.1, -0.05) is 6.92 Å².